The van der Waals surface area contributed by atoms with Gasteiger partial charge in [0.25, 0.3) is 5.91 Å². The zero-order chi connectivity index (χ0) is 13.1. The van der Waals surface area contributed by atoms with Crippen LogP contribution in [0, 0.1) is 11.8 Å². The number of hydrogen-bond acceptors (Lipinski definition) is 3. The van der Waals surface area contributed by atoms with Crippen molar-refractivity contribution in [3.05, 3.63) is 53.7 Å². The molecule has 6 heteroatoms. The lowest BCUT2D eigenvalue weighted by Crippen LogP contribution is -2.13. The first kappa shape index (κ1) is 12.0. The van der Waals surface area contributed by atoms with Crippen LogP contribution >= 0.6 is 0 Å². The third-order valence-corrected chi connectivity index (χ3v) is 2.16. The number of rotatable bonds is 2. The van der Waals surface area contributed by atoms with Crippen LogP contribution in [0.15, 0.2) is 36.4 Å². The van der Waals surface area contributed by atoms with Gasteiger partial charge in [0.2, 0.25) is 5.95 Å². The number of halogens is 2. The van der Waals surface area contributed by atoms with Crippen LogP contribution in [0.25, 0.3) is 0 Å². The summed E-state index contributed by atoms with van der Waals surface area (Å²) in [4.78, 5) is 15.1. The topological polar surface area (TPSA) is 62.2 Å². The summed E-state index contributed by atoms with van der Waals surface area (Å²) in [6.07, 6.45) is 0. The maximum Gasteiger partial charge on any atom is 0.260 e. The Morgan fingerprint density at radius 1 is 1.22 bits per heavy atom. The van der Waals surface area contributed by atoms with Crippen LogP contribution in [0.4, 0.5) is 14.6 Å². The van der Waals surface area contributed by atoms with Gasteiger partial charge in [0.1, 0.15) is 17.4 Å². The van der Waals surface area contributed by atoms with E-state index >= 15 is 0 Å². The summed E-state index contributed by atoms with van der Waals surface area (Å²) >= 11 is 0. The lowest BCUT2D eigenvalue weighted by molar-refractivity contribution is 0.102. The Morgan fingerprint density at radius 2 is 2.00 bits per heavy atom. The number of nitrogens with zero attached hydrogens (tertiary/aromatic N) is 1. The third-order valence-electron chi connectivity index (χ3n) is 2.16. The molecule has 0 bridgehead atoms. The maximum absolute atomic E-state index is 12.8. The number of aromatic hydroxyl groups is 1. The second kappa shape index (κ2) is 4.79. The molecule has 0 saturated heterocycles. The number of benzene rings is 1. The number of amides is 1. The van der Waals surface area contributed by atoms with Crippen molar-refractivity contribution in [1.82, 2.24) is 4.98 Å². The minimum absolute atomic E-state index is 0.00345. The number of phenolic OH excluding ortho intramolecular Hbond substituents is 1. The number of pyridine rings is 1. The molecule has 1 heterocycles. The average Bonchev–Trinajstić information content (AvgIpc) is 2.28. The van der Waals surface area contributed by atoms with Crippen molar-refractivity contribution in [3.63, 3.8) is 0 Å². The van der Waals surface area contributed by atoms with E-state index in [9.17, 15) is 18.7 Å². The molecule has 92 valence electrons. The minimum Gasteiger partial charge on any atom is -0.507 e. The molecule has 2 N–H and O–H groups in total. The van der Waals surface area contributed by atoms with Crippen LogP contribution in [0.1, 0.15) is 10.4 Å². The van der Waals surface area contributed by atoms with E-state index in [0.29, 0.717) is 0 Å². The normalized spacial score (nSPS) is 10.1. The van der Waals surface area contributed by atoms with E-state index in [0.717, 1.165) is 24.3 Å². The van der Waals surface area contributed by atoms with E-state index < -0.39 is 23.4 Å². The third kappa shape index (κ3) is 2.60. The van der Waals surface area contributed by atoms with Gasteiger partial charge in [0, 0.05) is 6.07 Å². The molecule has 1 amide bonds. The van der Waals surface area contributed by atoms with Crippen LogP contribution < -0.4 is 5.32 Å². The Morgan fingerprint density at radius 3 is 2.67 bits per heavy atom. The van der Waals surface area contributed by atoms with Gasteiger partial charge in [-0.2, -0.15) is 4.39 Å². The number of carbonyl (C=O) groups excluding carboxylic acids is 1. The number of phenols is 1. The highest BCUT2D eigenvalue weighted by Crippen LogP contribution is 2.19. The second-order valence-corrected chi connectivity index (χ2v) is 3.46. The number of aromatic nitrogens is 1. The van der Waals surface area contributed by atoms with Gasteiger partial charge < -0.3 is 10.4 Å². The van der Waals surface area contributed by atoms with E-state index in [-0.39, 0.29) is 11.4 Å². The maximum atomic E-state index is 12.8. The minimum atomic E-state index is -0.740. The molecular formula is C12H8F2N2O2. The lowest BCUT2D eigenvalue weighted by atomic mass is 10.2. The highest BCUT2D eigenvalue weighted by atomic mass is 19.1. The zero-order valence-electron chi connectivity index (χ0n) is 9.02. The second-order valence-electron chi connectivity index (χ2n) is 3.46. The van der Waals surface area contributed by atoms with E-state index in [1.807, 2.05) is 0 Å². The van der Waals surface area contributed by atoms with Crippen molar-refractivity contribution in [2.45, 2.75) is 0 Å². The SMILES string of the molecule is O=C(Nc1cccc(F)n1)c1ccc(F)cc1O. The summed E-state index contributed by atoms with van der Waals surface area (Å²) in [5.41, 5.74) is -0.123. The standard InChI is InChI=1S/C12H8F2N2O2/c13-7-4-5-8(9(17)6-7)12(18)16-11-3-1-2-10(14)15-11/h1-6,17H,(H,15,16,18). The monoisotopic (exact) mass is 250 g/mol. The summed E-state index contributed by atoms with van der Waals surface area (Å²) in [6, 6.07) is 6.87. The predicted octanol–water partition coefficient (Wildman–Crippen LogP) is 2.32. The summed E-state index contributed by atoms with van der Waals surface area (Å²) in [5, 5.41) is 11.7. The molecule has 1 aromatic heterocycles. The number of nitrogens with one attached hydrogen (secondary N) is 1. The van der Waals surface area contributed by atoms with Crippen molar-refractivity contribution < 1.29 is 18.7 Å². The van der Waals surface area contributed by atoms with E-state index in [2.05, 4.69) is 10.3 Å². The average molecular weight is 250 g/mol. The van der Waals surface area contributed by atoms with Crippen molar-refractivity contribution in [2.24, 2.45) is 0 Å². The first-order valence-electron chi connectivity index (χ1n) is 4.98. The molecule has 0 aliphatic rings. The number of carbonyl (C=O) groups is 1. The molecule has 4 nitrogen and oxygen atoms in total. The molecule has 0 aliphatic carbocycles. The van der Waals surface area contributed by atoms with E-state index in [4.69, 9.17) is 0 Å². The van der Waals surface area contributed by atoms with Gasteiger partial charge in [-0.25, -0.2) is 9.37 Å². The quantitative estimate of drug-likeness (QED) is 0.804. The summed E-state index contributed by atoms with van der Waals surface area (Å²) < 4.78 is 25.5. The first-order chi connectivity index (χ1) is 8.56. The lowest BCUT2D eigenvalue weighted by Gasteiger charge is -2.06. The Labute approximate surface area is 101 Å². The molecule has 0 radical (unpaired) electrons. The molecule has 2 aromatic rings. The molecule has 18 heavy (non-hydrogen) atoms. The van der Waals surface area contributed by atoms with Gasteiger partial charge >= 0.3 is 0 Å². The fourth-order valence-corrected chi connectivity index (χ4v) is 1.36. The van der Waals surface area contributed by atoms with Gasteiger partial charge in [-0.05, 0) is 24.3 Å². The van der Waals surface area contributed by atoms with Crippen molar-refractivity contribution in [3.8, 4) is 5.75 Å². The Hall–Kier alpha value is -2.50. The smallest absolute Gasteiger partial charge is 0.260 e. The van der Waals surface area contributed by atoms with Gasteiger partial charge in [0.15, 0.2) is 0 Å². The van der Waals surface area contributed by atoms with E-state index in [1.165, 1.54) is 12.1 Å². The molecule has 2 rings (SSSR count). The van der Waals surface area contributed by atoms with Crippen molar-refractivity contribution in [1.29, 1.82) is 0 Å². The Balaban J connectivity index is 2.22. The molecule has 0 spiro atoms. The molecule has 0 fully saturated rings. The largest absolute Gasteiger partial charge is 0.507 e. The van der Waals surface area contributed by atoms with Crippen LogP contribution in [0.2, 0.25) is 0 Å². The molecule has 0 unspecified atom stereocenters. The van der Waals surface area contributed by atoms with Crippen LogP contribution in [0.5, 0.6) is 5.75 Å². The predicted molar refractivity (Wildman–Crippen MR) is 60.2 cm³/mol. The zero-order valence-corrected chi connectivity index (χ0v) is 9.02. The molecular weight excluding hydrogens is 242 g/mol. The fourth-order valence-electron chi connectivity index (χ4n) is 1.36. The molecule has 0 atom stereocenters. The Bertz CT molecular complexity index is 602. The molecule has 0 saturated carbocycles. The van der Waals surface area contributed by atoms with Crippen LogP contribution in [-0.2, 0) is 0 Å². The van der Waals surface area contributed by atoms with Gasteiger partial charge in [0.05, 0.1) is 5.56 Å². The van der Waals surface area contributed by atoms with Crippen LogP contribution in [0.3, 0.4) is 0 Å². The summed E-state index contributed by atoms with van der Waals surface area (Å²) in [7, 11) is 0. The molecule has 1 aromatic carbocycles. The van der Waals surface area contributed by atoms with Crippen molar-refractivity contribution in [2.75, 3.05) is 5.32 Å². The first-order valence-corrected chi connectivity index (χ1v) is 4.98. The highest BCUT2D eigenvalue weighted by Gasteiger charge is 2.12. The summed E-state index contributed by atoms with van der Waals surface area (Å²) in [6.45, 7) is 0. The molecule has 0 aliphatic heterocycles. The summed E-state index contributed by atoms with van der Waals surface area (Å²) in [5.74, 6) is -2.60. The highest BCUT2D eigenvalue weighted by molar-refractivity contribution is 6.05. The van der Waals surface area contributed by atoms with Gasteiger partial charge in [-0.3, -0.25) is 4.79 Å². The van der Waals surface area contributed by atoms with Crippen molar-refractivity contribution >= 4 is 11.7 Å². The van der Waals surface area contributed by atoms with E-state index in [1.54, 1.807) is 0 Å². The fraction of sp³-hybridized carbons (Fsp3) is 0. The van der Waals surface area contributed by atoms with Crippen LogP contribution in [-0.4, -0.2) is 16.0 Å². The van der Waals surface area contributed by atoms with Gasteiger partial charge in [-0.1, -0.05) is 6.07 Å². The number of hydrogen-bond donors (Lipinski definition) is 2. The Kier molecular flexibility index (Phi) is 3.18. The van der Waals surface area contributed by atoms with Gasteiger partial charge in [-0.15, -0.1) is 0 Å². The number of anilines is 1.